The maximum atomic E-state index is 8.82. The highest BCUT2D eigenvalue weighted by Gasteiger charge is 2.17. The van der Waals surface area contributed by atoms with E-state index in [0.717, 1.165) is 12.8 Å². The molecule has 0 radical (unpaired) electrons. The number of hydrogen-bond acceptors (Lipinski definition) is 4. The Bertz CT molecular complexity index is 366. The van der Waals surface area contributed by atoms with Gasteiger partial charge in [0.1, 0.15) is 12.2 Å². The van der Waals surface area contributed by atoms with Crippen LogP contribution in [-0.2, 0) is 0 Å². The molecular formula is C11H13N3O. The molecule has 1 aliphatic rings. The number of nitriles is 1. The zero-order valence-electron chi connectivity index (χ0n) is 8.52. The quantitative estimate of drug-likeness (QED) is 0.738. The lowest BCUT2D eigenvalue weighted by Gasteiger charge is -2.22. The van der Waals surface area contributed by atoms with Gasteiger partial charge in [0.2, 0.25) is 5.69 Å². The maximum Gasteiger partial charge on any atom is 0.251 e. The van der Waals surface area contributed by atoms with E-state index in [9.17, 15) is 0 Å². The molecule has 15 heavy (non-hydrogen) atoms. The van der Waals surface area contributed by atoms with Crippen molar-refractivity contribution < 1.29 is 4.74 Å². The summed E-state index contributed by atoms with van der Waals surface area (Å²) in [4.78, 5) is 7.95. The Morgan fingerprint density at radius 2 is 1.93 bits per heavy atom. The summed E-state index contributed by atoms with van der Waals surface area (Å²) in [5, 5.41) is 8.82. The van der Waals surface area contributed by atoms with Crippen LogP contribution in [0.15, 0.2) is 12.4 Å². The van der Waals surface area contributed by atoms with Crippen molar-refractivity contribution in [2.75, 3.05) is 0 Å². The zero-order chi connectivity index (χ0) is 10.5. The molecule has 0 unspecified atom stereocenters. The number of rotatable bonds is 2. The zero-order valence-corrected chi connectivity index (χ0v) is 8.52. The average molecular weight is 203 g/mol. The molecule has 0 saturated heterocycles. The third-order valence-corrected chi connectivity index (χ3v) is 2.60. The van der Waals surface area contributed by atoms with Crippen LogP contribution < -0.4 is 4.74 Å². The Kier molecular flexibility index (Phi) is 3.13. The average Bonchev–Trinajstić information content (AvgIpc) is 2.31. The van der Waals surface area contributed by atoms with Crippen LogP contribution in [0.4, 0.5) is 0 Å². The number of aromatic nitrogens is 2. The largest absolute Gasteiger partial charge is 0.472 e. The van der Waals surface area contributed by atoms with Crippen molar-refractivity contribution in [2.24, 2.45) is 0 Å². The van der Waals surface area contributed by atoms with Crippen LogP contribution in [0.3, 0.4) is 0 Å². The molecular weight excluding hydrogens is 190 g/mol. The van der Waals surface area contributed by atoms with Crippen molar-refractivity contribution in [2.45, 2.75) is 38.2 Å². The fraction of sp³-hybridized carbons (Fsp3) is 0.545. The molecule has 0 atom stereocenters. The smallest absolute Gasteiger partial charge is 0.251 e. The van der Waals surface area contributed by atoms with Gasteiger partial charge >= 0.3 is 0 Å². The monoisotopic (exact) mass is 203 g/mol. The minimum Gasteiger partial charge on any atom is -0.472 e. The molecule has 1 saturated carbocycles. The predicted octanol–water partition coefficient (Wildman–Crippen LogP) is 2.06. The van der Waals surface area contributed by atoms with Gasteiger partial charge in [-0.25, -0.2) is 9.97 Å². The summed E-state index contributed by atoms with van der Waals surface area (Å²) >= 11 is 0. The standard InChI is InChI=1S/C11H13N3O/c12-8-10-11(14-7-6-13-10)15-9-4-2-1-3-5-9/h6-7,9H,1-5H2. The Morgan fingerprint density at radius 3 is 2.67 bits per heavy atom. The molecule has 4 nitrogen and oxygen atoms in total. The molecule has 1 heterocycles. The molecule has 1 aromatic heterocycles. The van der Waals surface area contributed by atoms with Gasteiger partial charge in [-0.05, 0) is 25.7 Å². The lowest BCUT2D eigenvalue weighted by Crippen LogP contribution is -2.20. The molecule has 4 heteroatoms. The second-order valence-corrected chi connectivity index (χ2v) is 3.70. The van der Waals surface area contributed by atoms with Gasteiger partial charge < -0.3 is 4.74 Å². The minimum atomic E-state index is 0.211. The van der Waals surface area contributed by atoms with Crippen LogP contribution in [0, 0.1) is 11.3 Å². The van der Waals surface area contributed by atoms with Crippen molar-refractivity contribution in [3.05, 3.63) is 18.1 Å². The molecule has 0 aliphatic heterocycles. The van der Waals surface area contributed by atoms with E-state index in [1.165, 1.54) is 25.5 Å². The van der Waals surface area contributed by atoms with Gasteiger partial charge in [0.25, 0.3) is 5.88 Å². The first-order chi connectivity index (χ1) is 7.40. The van der Waals surface area contributed by atoms with Crippen LogP contribution in [0.2, 0.25) is 0 Å². The van der Waals surface area contributed by atoms with E-state index in [1.54, 1.807) is 6.20 Å². The third-order valence-electron chi connectivity index (χ3n) is 2.60. The van der Waals surface area contributed by atoms with Crippen LogP contribution in [-0.4, -0.2) is 16.1 Å². The first-order valence-corrected chi connectivity index (χ1v) is 5.28. The highest BCUT2D eigenvalue weighted by Crippen LogP contribution is 2.22. The topological polar surface area (TPSA) is 58.8 Å². The molecule has 1 fully saturated rings. The number of ether oxygens (including phenoxy) is 1. The number of nitrogens with zero attached hydrogens (tertiary/aromatic N) is 3. The summed E-state index contributed by atoms with van der Waals surface area (Å²) in [6.07, 6.45) is 9.07. The van der Waals surface area contributed by atoms with E-state index in [-0.39, 0.29) is 11.8 Å². The van der Waals surface area contributed by atoms with Crippen LogP contribution in [0.25, 0.3) is 0 Å². The van der Waals surface area contributed by atoms with E-state index < -0.39 is 0 Å². The Balaban J connectivity index is 2.06. The van der Waals surface area contributed by atoms with Crippen molar-refractivity contribution in [3.8, 4) is 11.9 Å². The fourth-order valence-corrected chi connectivity index (χ4v) is 1.83. The molecule has 0 N–H and O–H groups in total. The second kappa shape index (κ2) is 4.74. The molecule has 0 amide bonds. The van der Waals surface area contributed by atoms with Gasteiger partial charge in [-0.3, -0.25) is 0 Å². The summed E-state index contributed by atoms with van der Waals surface area (Å²) < 4.78 is 5.68. The Morgan fingerprint density at radius 1 is 1.20 bits per heavy atom. The predicted molar refractivity (Wildman–Crippen MR) is 54.2 cm³/mol. The first kappa shape index (κ1) is 9.91. The Labute approximate surface area is 88.9 Å². The van der Waals surface area contributed by atoms with Crippen molar-refractivity contribution in [3.63, 3.8) is 0 Å². The third kappa shape index (κ3) is 2.44. The summed E-state index contributed by atoms with van der Waals surface area (Å²) in [5.74, 6) is 0.381. The minimum absolute atomic E-state index is 0.211. The SMILES string of the molecule is N#Cc1nccnc1OC1CCCCC1. The summed E-state index contributed by atoms with van der Waals surface area (Å²) in [7, 11) is 0. The maximum absolute atomic E-state index is 8.82. The van der Waals surface area contributed by atoms with Gasteiger partial charge in [-0.1, -0.05) is 6.42 Å². The van der Waals surface area contributed by atoms with Crippen molar-refractivity contribution >= 4 is 0 Å². The summed E-state index contributed by atoms with van der Waals surface area (Å²) in [5.41, 5.74) is 0.281. The molecule has 78 valence electrons. The first-order valence-electron chi connectivity index (χ1n) is 5.28. The number of hydrogen-bond donors (Lipinski definition) is 0. The van der Waals surface area contributed by atoms with E-state index in [1.807, 2.05) is 6.07 Å². The fourth-order valence-electron chi connectivity index (χ4n) is 1.83. The lowest BCUT2D eigenvalue weighted by molar-refractivity contribution is 0.147. The van der Waals surface area contributed by atoms with Crippen molar-refractivity contribution in [1.82, 2.24) is 9.97 Å². The molecule has 0 bridgehead atoms. The van der Waals surface area contributed by atoms with Crippen LogP contribution >= 0.6 is 0 Å². The lowest BCUT2D eigenvalue weighted by atomic mass is 9.98. The highest BCUT2D eigenvalue weighted by atomic mass is 16.5. The molecule has 1 aromatic rings. The normalized spacial score (nSPS) is 17.0. The molecule has 0 spiro atoms. The van der Waals surface area contributed by atoms with Crippen LogP contribution in [0.1, 0.15) is 37.8 Å². The highest BCUT2D eigenvalue weighted by molar-refractivity contribution is 5.30. The van der Waals surface area contributed by atoms with E-state index in [4.69, 9.17) is 10.00 Å². The summed E-state index contributed by atoms with van der Waals surface area (Å²) in [6.45, 7) is 0. The Hall–Kier alpha value is -1.63. The van der Waals surface area contributed by atoms with E-state index >= 15 is 0 Å². The van der Waals surface area contributed by atoms with E-state index in [2.05, 4.69) is 9.97 Å². The van der Waals surface area contributed by atoms with Gasteiger partial charge in [0, 0.05) is 12.4 Å². The second-order valence-electron chi connectivity index (χ2n) is 3.70. The molecule has 2 rings (SSSR count). The van der Waals surface area contributed by atoms with Gasteiger partial charge in [0.15, 0.2) is 0 Å². The van der Waals surface area contributed by atoms with Gasteiger partial charge in [-0.2, -0.15) is 5.26 Å². The van der Waals surface area contributed by atoms with Crippen LogP contribution in [0.5, 0.6) is 5.88 Å². The molecule has 1 aliphatic carbocycles. The van der Waals surface area contributed by atoms with Crippen molar-refractivity contribution in [1.29, 1.82) is 5.26 Å². The van der Waals surface area contributed by atoms with E-state index in [0.29, 0.717) is 5.88 Å². The molecule has 0 aromatic carbocycles. The van der Waals surface area contributed by atoms with Gasteiger partial charge in [0.05, 0.1) is 0 Å². The van der Waals surface area contributed by atoms with Gasteiger partial charge in [-0.15, -0.1) is 0 Å². The summed E-state index contributed by atoms with van der Waals surface area (Å²) in [6, 6.07) is 1.99.